The molecular formula is C12H17NO2. The van der Waals surface area contributed by atoms with Crippen LogP contribution in [-0.4, -0.2) is 20.4 Å². The van der Waals surface area contributed by atoms with Crippen molar-refractivity contribution < 1.29 is 9.47 Å². The van der Waals surface area contributed by atoms with Gasteiger partial charge in [-0.05, 0) is 32.5 Å². The zero-order chi connectivity index (χ0) is 10.7. The second kappa shape index (κ2) is 4.64. The molecule has 0 fully saturated rings. The number of hydrogen-bond donors (Lipinski definition) is 1. The van der Waals surface area contributed by atoms with Gasteiger partial charge in [-0.15, -0.1) is 0 Å². The van der Waals surface area contributed by atoms with Crippen LogP contribution in [-0.2, 0) is 17.8 Å². The summed E-state index contributed by atoms with van der Waals surface area (Å²) >= 11 is 0. The summed E-state index contributed by atoms with van der Waals surface area (Å²) in [4.78, 5) is 0. The highest BCUT2D eigenvalue weighted by Crippen LogP contribution is 2.29. The van der Waals surface area contributed by atoms with Gasteiger partial charge in [-0.25, -0.2) is 0 Å². The molecule has 3 heteroatoms. The average molecular weight is 207 g/mol. The van der Waals surface area contributed by atoms with Crippen LogP contribution in [0, 0.1) is 6.92 Å². The largest absolute Gasteiger partial charge is 0.467 e. The second-order valence-corrected chi connectivity index (χ2v) is 3.88. The summed E-state index contributed by atoms with van der Waals surface area (Å²) in [7, 11) is 1.96. The number of nitrogens with one attached hydrogen (secondary N) is 1. The summed E-state index contributed by atoms with van der Waals surface area (Å²) in [5.74, 6) is 1.03. The Morgan fingerprint density at radius 3 is 3.07 bits per heavy atom. The lowest BCUT2D eigenvalue weighted by Gasteiger charge is -2.21. The molecule has 1 N–H and O–H groups in total. The van der Waals surface area contributed by atoms with E-state index < -0.39 is 0 Å². The fraction of sp³-hybridized carbons (Fsp3) is 0.500. The molecule has 0 saturated carbocycles. The molecule has 0 bridgehead atoms. The van der Waals surface area contributed by atoms with Gasteiger partial charge in [0.2, 0.25) is 0 Å². The average Bonchev–Trinajstić information content (AvgIpc) is 2.25. The van der Waals surface area contributed by atoms with Crippen LogP contribution in [0.5, 0.6) is 5.75 Å². The van der Waals surface area contributed by atoms with Crippen molar-refractivity contribution in [3.8, 4) is 5.75 Å². The maximum atomic E-state index is 5.56. The van der Waals surface area contributed by atoms with Crippen LogP contribution in [0.4, 0.5) is 0 Å². The van der Waals surface area contributed by atoms with Crippen LogP contribution < -0.4 is 10.1 Å². The van der Waals surface area contributed by atoms with E-state index in [1.807, 2.05) is 7.05 Å². The van der Waals surface area contributed by atoms with Crippen molar-refractivity contribution >= 4 is 0 Å². The molecule has 0 aliphatic carbocycles. The normalized spacial score (nSPS) is 14.5. The lowest BCUT2D eigenvalue weighted by Crippen LogP contribution is -2.16. The van der Waals surface area contributed by atoms with Crippen molar-refractivity contribution in [1.29, 1.82) is 0 Å². The lowest BCUT2D eigenvalue weighted by atomic mass is 10.0. The highest BCUT2D eigenvalue weighted by atomic mass is 16.7. The molecule has 1 aromatic carbocycles. The first-order chi connectivity index (χ1) is 7.31. The molecule has 3 nitrogen and oxygen atoms in total. The predicted octanol–water partition coefficient (Wildman–Crippen LogP) is 1.62. The molecule has 82 valence electrons. The molecule has 1 heterocycles. The first-order valence-corrected chi connectivity index (χ1v) is 5.29. The van der Waals surface area contributed by atoms with Crippen molar-refractivity contribution in [2.75, 3.05) is 20.4 Å². The smallest absolute Gasteiger partial charge is 0.189 e. The van der Waals surface area contributed by atoms with Gasteiger partial charge in [0.25, 0.3) is 0 Å². The molecule has 1 aromatic rings. The van der Waals surface area contributed by atoms with Gasteiger partial charge in [0.05, 0.1) is 6.61 Å². The van der Waals surface area contributed by atoms with Crippen LogP contribution in [0.25, 0.3) is 0 Å². The molecule has 0 saturated heterocycles. The van der Waals surface area contributed by atoms with Crippen molar-refractivity contribution in [3.63, 3.8) is 0 Å². The van der Waals surface area contributed by atoms with Crippen LogP contribution in [0.1, 0.15) is 16.7 Å². The highest BCUT2D eigenvalue weighted by molar-refractivity contribution is 5.45. The van der Waals surface area contributed by atoms with Crippen molar-refractivity contribution in [2.24, 2.45) is 0 Å². The summed E-state index contributed by atoms with van der Waals surface area (Å²) in [5, 5.41) is 3.16. The minimum absolute atomic E-state index is 0.378. The standard InChI is InChI=1S/C12H17NO2/c1-9-5-10(3-4-13-2)12-11(6-9)7-14-8-15-12/h5-6,13H,3-4,7-8H2,1-2H3. The lowest BCUT2D eigenvalue weighted by molar-refractivity contribution is -0.0170. The molecule has 0 atom stereocenters. The van der Waals surface area contributed by atoms with E-state index in [4.69, 9.17) is 9.47 Å². The third kappa shape index (κ3) is 2.30. The molecule has 1 aliphatic heterocycles. The second-order valence-electron chi connectivity index (χ2n) is 3.88. The van der Waals surface area contributed by atoms with Crippen molar-refractivity contribution in [3.05, 3.63) is 28.8 Å². The monoisotopic (exact) mass is 207 g/mol. The maximum Gasteiger partial charge on any atom is 0.189 e. The summed E-state index contributed by atoms with van der Waals surface area (Å²) < 4.78 is 10.8. The molecule has 0 spiro atoms. The van der Waals surface area contributed by atoms with Gasteiger partial charge in [-0.3, -0.25) is 0 Å². The Morgan fingerprint density at radius 2 is 2.27 bits per heavy atom. The Bertz CT molecular complexity index is 350. The number of fused-ring (bicyclic) bond motifs is 1. The number of aryl methyl sites for hydroxylation is 1. The predicted molar refractivity (Wildman–Crippen MR) is 59.1 cm³/mol. The van der Waals surface area contributed by atoms with E-state index in [1.165, 1.54) is 16.7 Å². The zero-order valence-corrected chi connectivity index (χ0v) is 9.30. The van der Waals surface area contributed by atoms with Gasteiger partial charge in [-0.1, -0.05) is 17.7 Å². The third-order valence-electron chi connectivity index (χ3n) is 2.58. The van der Waals surface area contributed by atoms with Crippen molar-refractivity contribution in [1.82, 2.24) is 5.32 Å². The number of ether oxygens (including phenoxy) is 2. The van der Waals surface area contributed by atoms with Crippen LogP contribution >= 0.6 is 0 Å². The van der Waals surface area contributed by atoms with Crippen LogP contribution in [0.3, 0.4) is 0 Å². The molecule has 0 aromatic heterocycles. The molecule has 0 unspecified atom stereocenters. The molecule has 0 amide bonds. The highest BCUT2D eigenvalue weighted by Gasteiger charge is 2.15. The zero-order valence-electron chi connectivity index (χ0n) is 9.30. The van der Waals surface area contributed by atoms with Gasteiger partial charge in [0.1, 0.15) is 5.75 Å². The molecule has 15 heavy (non-hydrogen) atoms. The Kier molecular flexibility index (Phi) is 3.23. The Labute approximate surface area is 90.4 Å². The van der Waals surface area contributed by atoms with Crippen molar-refractivity contribution in [2.45, 2.75) is 20.0 Å². The Hall–Kier alpha value is -1.06. The number of hydrogen-bond acceptors (Lipinski definition) is 3. The molecule has 2 rings (SSSR count). The van der Waals surface area contributed by atoms with E-state index in [0.717, 1.165) is 18.7 Å². The fourth-order valence-electron chi connectivity index (χ4n) is 1.92. The third-order valence-corrected chi connectivity index (χ3v) is 2.58. The molecule has 0 radical (unpaired) electrons. The Balaban J connectivity index is 2.30. The summed E-state index contributed by atoms with van der Waals surface area (Å²) in [6.07, 6.45) is 1.00. The van der Waals surface area contributed by atoms with E-state index in [0.29, 0.717) is 13.4 Å². The van der Waals surface area contributed by atoms with Gasteiger partial charge in [-0.2, -0.15) is 0 Å². The summed E-state index contributed by atoms with van der Waals surface area (Å²) in [6.45, 7) is 4.13. The first-order valence-electron chi connectivity index (χ1n) is 5.29. The SMILES string of the molecule is CNCCc1cc(C)cc2c1OCOC2. The van der Waals surface area contributed by atoms with Crippen LogP contribution in [0.15, 0.2) is 12.1 Å². The van der Waals surface area contributed by atoms with E-state index in [2.05, 4.69) is 24.4 Å². The van der Waals surface area contributed by atoms with Gasteiger partial charge in [0.15, 0.2) is 6.79 Å². The quantitative estimate of drug-likeness (QED) is 0.817. The van der Waals surface area contributed by atoms with E-state index >= 15 is 0 Å². The minimum atomic E-state index is 0.378. The topological polar surface area (TPSA) is 30.5 Å². The first kappa shape index (κ1) is 10.5. The Morgan fingerprint density at radius 1 is 1.40 bits per heavy atom. The number of rotatable bonds is 3. The van der Waals surface area contributed by atoms with Gasteiger partial charge >= 0.3 is 0 Å². The fourth-order valence-corrected chi connectivity index (χ4v) is 1.92. The van der Waals surface area contributed by atoms with E-state index in [-0.39, 0.29) is 0 Å². The maximum absolute atomic E-state index is 5.56. The van der Waals surface area contributed by atoms with E-state index in [9.17, 15) is 0 Å². The molecular weight excluding hydrogens is 190 g/mol. The van der Waals surface area contributed by atoms with Gasteiger partial charge in [0, 0.05) is 5.56 Å². The van der Waals surface area contributed by atoms with Gasteiger partial charge < -0.3 is 14.8 Å². The number of benzene rings is 1. The molecule has 1 aliphatic rings. The summed E-state index contributed by atoms with van der Waals surface area (Å²) in [5.41, 5.74) is 3.73. The minimum Gasteiger partial charge on any atom is -0.467 e. The van der Waals surface area contributed by atoms with Crippen LogP contribution in [0.2, 0.25) is 0 Å². The summed E-state index contributed by atoms with van der Waals surface area (Å²) in [6, 6.07) is 4.33. The number of likely N-dealkylation sites (N-methyl/N-ethyl adjacent to an activating group) is 1. The van der Waals surface area contributed by atoms with E-state index in [1.54, 1.807) is 0 Å².